The van der Waals surface area contributed by atoms with Gasteiger partial charge >= 0.3 is 0 Å². The van der Waals surface area contributed by atoms with Gasteiger partial charge in [0.1, 0.15) is 11.5 Å². The van der Waals surface area contributed by atoms with Crippen LogP contribution >= 0.6 is 0 Å². The molecule has 18 heavy (non-hydrogen) atoms. The van der Waals surface area contributed by atoms with Crippen molar-refractivity contribution in [2.45, 2.75) is 33.4 Å². The van der Waals surface area contributed by atoms with Gasteiger partial charge in [0.2, 0.25) is 5.89 Å². The fourth-order valence-corrected chi connectivity index (χ4v) is 1.78. The summed E-state index contributed by atoms with van der Waals surface area (Å²) in [6.07, 6.45) is 1.71. The van der Waals surface area contributed by atoms with Crippen molar-refractivity contribution in [3.8, 4) is 5.75 Å². The molecule has 0 radical (unpaired) electrons. The lowest BCUT2D eigenvalue weighted by Crippen LogP contribution is -2.18. The van der Waals surface area contributed by atoms with Gasteiger partial charge in [-0.3, -0.25) is 0 Å². The first-order chi connectivity index (χ1) is 8.56. The van der Waals surface area contributed by atoms with Crippen LogP contribution in [0, 0.1) is 13.8 Å². The van der Waals surface area contributed by atoms with E-state index >= 15 is 0 Å². The molecule has 0 saturated carbocycles. The summed E-state index contributed by atoms with van der Waals surface area (Å²) < 4.78 is 5.45. The summed E-state index contributed by atoms with van der Waals surface area (Å²) in [7, 11) is 0. The molecule has 4 heteroatoms. The first kappa shape index (κ1) is 12.6. The van der Waals surface area contributed by atoms with Crippen LogP contribution in [0.15, 0.2) is 28.8 Å². The maximum atomic E-state index is 9.74. The van der Waals surface area contributed by atoms with E-state index in [1.54, 1.807) is 12.3 Å². The summed E-state index contributed by atoms with van der Waals surface area (Å²) in [5.74, 6) is 1.78. The Morgan fingerprint density at radius 1 is 1.39 bits per heavy atom. The molecule has 96 valence electrons. The van der Waals surface area contributed by atoms with Gasteiger partial charge in [0.05, 0.1) is 12.2 Å². The Morgan fingerprint density at radius 2 is 2.17 bits per heavy atom. The van der Waals surface area contributed by atoms with Gasteiger partial charge in [0, 0.05) is 12.1 Å². The van der Waals surface area contributed by atoms with Crippen LogP contribution in [-0.4, -0.2) is 10.1 Å². The third kappa shape index (κ3) is 2.90. The molecule has 0 amide bonds. The van der Waals surface area contributed by atoms with E-state index in [2.05, 4.69) is 10.3 Å². The van der Waals surface area contributed by atoms with E-state index in [4.69, 9.17) is 4.42 Å². The third-order valence-corrected chi connectivity index (χ3v) is 2.84. The molecule has 0 saturated heterocycles. The number of aromatic hydroxyl groups is 1. The molecule has 0 spiro atoms. The van der Waals surface area contributed by atoms with Crippen molar-refractivity contribution in [2.24, 2.45) is 0 Å². The van der Waals surface area contributed by atoms with Crippen LogP contribution in [0.4, 0.5) is 0 Å². The van der Waals surface area contributed by atoms with Crippen molar-refractivity contribution in [3.63, 3.8) is 0 Å². The number of nitrogens with zero attached hydrogens (tertiary/aromatic N) is 1. The largest absolute Gasteiger partial charge is 0.508 e. The highest BCUT2D eigenvalue weighted by Gasteiger charge is 2.11. The van der Waals surface area contributed by atoms with Crippen LogP contribution in [0.3, 0.4) is 0 Å². The van der Waals surface area contributed by atoms with E-state index < -0.39 is 0 Å². The van der Waals surface area contributed by atoms with Crippen molar-refractivity contribution in [3.05, 3.63) is 47.2 Å². The minimum atomic E-state index is 0.0126. The lowest BCUT2D eigenvalue weighted by atomic mass is 10.1. The molecule has 0 aliphatic rings. The van der Waals surface area contributed by atoms with Crippen molar-refractivity contribution >= 4 is 0 Å². The number of hydrogen-bond donors (Lipinski definition) is 2. The van der Waals surface area contributed by atoms with E-state index in [1.807, 2.05) is 32.9 Å². The van der Waals surface area contributed by atoms with Crippen LogP contribution in [0.2, 0.25) is 0 Å². The van der Waals surface area contributed by atoms with Crippen molar-refractivity contribution < 1.29 is 9.52 Å². The SMILES string of the molecule is Cc1ccc(O)c(CNC(C)c2ncc(C)o2)c1. The molecule has 2 N–H and O–H groups in total. The van der Waals surface area contributed by atoms with Crippen molar-refractivity contribution in [1.82, 2.24) is 10.3 Å². The van der Waals surface area contributed by atoms with Gasteiger partial charge in [0.15, 0.2) is 0 Å². The Bertz CT molecular complexity index is 534. The number of hydrogen-bond acceptors (Lipinski definition) is 4. The van der Waals surface area contributed by atoms with Crippen molar-refractivity contribution in [2.75, 3.05) is 0 Å². The molecule has 0 fully saturated rings. The summed E-state index contributed by atoms with van der Waals surface area (Å²) in [5, 5.41) is 13.0. The highest BCUT2D eigenvalue weighted by Crippen LogP contribution is 2.19. The first-order valence-electron chi connectivity index (χ1n) is 6.00. The normalized spacial score (nSPS) is 12.6. The van der Waals surface area contributed by atoms with Crippen LogP contribution in [0.25, 0.3) is 0 Å². The Hall–Kier alpha value is -1.81. The Kier molecular flexibility index (Phi) is 3.67. The van der Waals surface area contributed by atoms with E-state index in [0.29, 0.717) is 18.2 Å². The molecule has 4 nitrogen and oxygen atoms in total. The number of phenols is 1. The van der Waals surface area contributed by atoms with Gasteiger partial charge in [-0.15, -0.1) is 0 Å². The molecule has 1 aromatic carbocycles. The van der Waals surface area contributed by atoms with E-state index in [-0.39, 0.29) is 6.04 Å². The molecule has 0 aliphatic carbocycles. The predicted octanol–water partition coefficient (Wildman–Crippen LogP) is 2.85. The third-order valence-electron chi connectivity index (χ3n) is 2.84. The molecule has 1 unspecified atom stereocenters. The minimum absolute atomic E-state index is 0.0126. The molecular weight excluding hydrogens is 228 g/mol. The summed E-state index contributed by atoms with van der Waals surface area (Å²) >= 11 is 0. The van der Waals surface area contributed by atoms with Crippen LogP contribution in [0.5, 0.6) is 5.75 Å². The van der Waals surface area contributed by atoms with E-state index in [1.165, 1.54) is 0 Å². The smallest absolute Gasteiger partial charge is 0.211 e. The number of benzene rings is 1. The summed E-state index contributed by atoms with van der Waals surface area (Å²) in [4.78, 5) is 4.18. The number of phenolic OH excluding ortho intramolecular Hbond substituents is 1. The Balaban J connectivity index is 2.01. The molecule has 1 atom stereocenters. The van der Waals surface area contributed by atoms with Gasteiger partial charge in [-0.2, -0.15) is 0 Å². The second-order valence-corrected chi connectivity index (χ2v) is 4.54. The van der Waals surface area contributed by atoms with Crippen LogP contribution in [-0.2, 0) is 6.54 Å². The van der Waals surface area contributed by atoms with Crippen LogP contribution < -0.4 is 5.32 Å². The number of rotatable bonds is 4. The highest BCUT2D eigenvalue weighted by atomic mass is 16.4. The van der Waals surface area contributed by atoms with E-state index in [0.717, 1.165) is 16.9 Å². The van der Waals surface area contributed by atoms with Gasteiger partial charge in [-0.1, -0.05) is 17.7 Å². The first-order valence-corrected chi connectivity index (χ1v) is 6.00. The van der Waals surface area contributed by atoms with Crippen molar-refractivity contribution in [1.29, 1.82) is 0 Å². The lowest BCUT2D eigenvalue weighted by Gasteiger charge is -2.11. The number of nitrogens with one attached hydrogen (secondary N) is 1. The minimum Gasteiger partial charge on any atom is -0.508 e. The predicted molar refractivity (Wildman–Crippen MR) is 69.3 cm³/mol. The van der Waals surface area contributed by atoms with E-state index in [9.17, 15) is 5.11 Å². The second kappa shape index (κ2) is 5.23. The number of aryl methyl sites for hydroxylation is 2. The van der Waals surface area contributed by atoms with Gasteiger partial charge in [-0.25, -0.2) is 4.98 Å². The Labute approximate surface area is 107 Å². The number of oxazole rings is 1. The topological polar surface area (TPSA) is 58.3 Å². The maximum absolute atomic E-state index is 9.74. The molecule has 0 aliphatic heterocycles. The lowest BCUT2D eigenvalue weighted by molar-refractivity contribution is 0.398. The second-order valence-electron chi connectivity index (χ2n) is 4.54. The molecule has 2 aromatic rings. The van der Waals surface area contributed by atoms with Gasteiger partial charge in [-0.05, 0) is 26.8 Å². The van der Waals surface area contributed by atoms with Gasteiger partial charge < -0.3 is 14.8 Å². The van der Waals surface area contributed by atoms with Gasteiger partial charge in [0.25, 0.3) is 0 Å². The number of aromatic nitrogens is 1. The zero-order chi connectivity index (χ0) is 13.1. The summed E-state index contributed by atoms with van der Waals surface area (Å²) in [5.41, 5.74) is 2.01. The zero-order valence-electron chi connectivity index (χ0n) is 10.9. The molecule has 1 heterocycles. The average molecular weight is 246 g/mol. The molecule has 2 rings (SSSR count). The van der Waals surface area contributed by atoms with Crippen LogP contribution in [0.1, 0.15) is 35.7 Å². The quantitative estimate of drug-likeness (QED) is 0.871. The molecular formula is C14H18N2O2. The fraction of sp³-hybridized carbons (Fsp3) is 0.357. The summed E-state index contributed by atoms with van der Waals surface area (Å²) in [6.45, 7) is 6.44. The molecule has 0 bridgehead atoms. The average Bonchev–Trinajstić information content (AvgIpc) is 2.77. The monoisotopic (exact) mass is 246 g/mol. The highest BCUT2D eigenvalue weighted by molar-refractivity contribution is 5.35. The Morgan fingerprint density at radius 3 is 2.83 bits per heavy atom. The molecule has 1 aromatic heterocycles. The summed E-state index contributed by atoms with van der Waals surface area (Å²) in [6, 6.07) is 5.58. The standard InChI is InChI=1S/C14H18N2O2/c1-9-4-5-13(17)12(6-9)8-15-11(3)14-16-7-10(2)18-14/h4-7,11,15,17H,8H2,1-3H3. The fourth-order valence-electron chi connectivity index (χ4n) is 1.78. The zero-order valence-corrected chi connectivity index (χ0v) is 10.9. The maximum Gasteiger partial charge on any atom is 0.211 e.